The summed E-state index contributed by atoms with van der Waals surface area (Å²) in [7, 11) is 0. The van der Waals surface area contributed by atoms with Crippen LogP contribution in [0.2, 0.25) is 0 Å². The number of amidine groups is 1. The summed E-state index contributed by atoms with van der Waals surface area (Å²) in [6, 6.07) is 19.3. The van der Waals surface area contributed by atoms with Crippen molar-refractivity contribution in [3.63, 3.8) is 0 Å². The third kappa shape index (κ3) is 5.30. The van der Waals surface area contributed by atoms with Crippen molar-refractivity contribution in [2.45, 2.75) is 52.2 Å². The van der Waals surface area contributed by atoms with Crippen LogP contribution in [0.3, 0.4) is 0 Å². The standard InChI is InChI=1S/C26H36N2O2/c1-5-27-25(22-12-14-23(15-13-22)26(3,4)29)28(6-2)24(20-10-8-7-9-11-20)21-16-18-30-19-17-21/h7-15,21,24,29H,5-6,16-19H2,1-4H3/b27-25-. The van der Waals surface area contributed by atoms with Crippen LogP contribution >= 0.6 is 0 Å². The van der Waals surface area contributed by atoms with E-state index in [1.165, 1.54) is 5.56 Å². The third-order valence-electron chi connectivity index (χ3n) is 5.96. The fourth-order valence-corrected chi connectivity index (χ4v) is 4.39. The normalized spacial score (nSPS) is 17.0. The van der Waals surface area contributed by atoms with Crippen molar-refractivity contribution in [1.29, 1.82) is 0 Å². The van der Waals surface area contributed by atoms with Gasteiger partial charge in [-0.1, -0.05) is 54.6 Å². The topological polar surface area (TPSA) is 45.1 Å². The number of hydrogen-bond donors (Lipinski definition) is 1. The molecule has 1 saturated heterocycles. The van der Waals surface area contributed by atoms with E-state index in [2.05, 4.69) is 61.2 Å². The number of benzene rings is 2. The molecule has 0 spiro atoms. The van der Waals surface area contributed by atoms with Gasteiger partial charge < -0.3 is 14.7 Å². The Hall–Kier alpha value is -2.17. The molecule has 0 radical (unpaired) electrons. The van der Waals surface area contributed by atoms with Crippen molar-refractivity contribution in [2.24, 2.45) is 10.9 Å². The van der Waals surface area contributed by atoms with Crippen molar-refractivity contribution in [1.82, 2.24) is 4.90 Å². The van der Waals surface area contributed by atoms with Gasteiger partial charge in [0.05, 0.1) is 11.6 Å². The zero-order valence-electron chi connectivity index (χ0n) is 18.8. The van der Waals surface area contributed by atoms with Crippen molar-refractivity contribution < 1.29 is 9.84 Å². The minimum Gasteiger partial charge on any atom is -0.386 e. The Kier molecular flexibility index (Phi) is 7.68. The molecule has 2 aromatic carbocycles. The molecule has 1 atom stereocenters. The van der Waals surface area contributed by atoms with E-state index >= 15 is 0 Å². The largest absolute Gasteiger partial charge is 0.386 e. The zero-order valence-corrected chi connectivity index (χ0v) is 18.8. The van der Waals surface area contributed by atoms with E-state index in [0.29, 0.717) is 5.92 Å². The molecule has 0 aliphatic carbocycles. The SMILES string of the molecule is CC/N=C(/c1ccc(C(C)(C)O)cc1)N(CC)C(c1ccccc1)C1CCOCC1. The van der Waals surface area contributed by atoms with Crippen LogP contribution in [0, 0.1) is 5.92 Å². The molecule has 2 aromatic rings. The van der Waals surface area contributed by atoms with Crippen LogP contribution in [-0.4, -0.2) is 42.1 Å². The first kappa shape index (κ1) is 22.5. The van der Waals surface area contributed by atoms with Crippen molar-refractivity contribution in [2.75, 3.05) is 26.3 Å². The molecule has 1 aliphatic rings. The van der Waals surface area contributed by atoms with Gasteiger partial charge in [-0.15, -0.1) is 0 Å². The minimum atomic E-state index is -0.848. The highest BCUT2D eigenvalue weighted by Gasteiger charge is 2.32. The summed E-state index contributed by atoms with van der Waals surface area (Å²) in [4.78, 5) is 7.41. The number of aliphatic hydroxyl groups is 1. The summed E-state index contributed by atoms with van der Waals surface area (Å²) in [5.74, 6) is 1.56. The van der Waals surface area contributed by atoms with Gasteiger partial charge in [-0.05, 0) is 57.6 Å². The van der Waals surface area contributed by atoms with Crippen LogP contribution in [0.5, 0.6) is 0 Å². The highest BCUT2D eigenvalue weighted by atomic mass is 16.5. The summed E-state index contributed by atoms with van der Waals surface area (Å²) in [6.45, 7) is 11.2. The highest BCUT2D eigenvalue weighted by molar-refractivity contribution is 5.99. The maximum atomic E-state index is 10.3. The van der Waals surface area contributed by atoms with Gasteiger partial charge in [0.25, 0.3) is 0 Å². The number of aliphatic imine (C=N–C) groups is 1. The Morgan fingerprint density at radius 2 is 1.70 bits per heavy atom. The number of hydrogen-bond acceptors (Lipinski definition) is 3. The lowest BCUT2D eigenvalue weighted by atomic mass is 9.85. The van der Waals surface area contributed by atoms with Crippen LogP contribution in [0.15, 0.2) is 59.6 Å². The molecule has 1 unspecified atom stereocenters. The van der Waals surface area contributed by atoms with Crippen molar-refractivity contribution in [3.05, 3.63) is 71.3 Å². The Morgan fingerprint density at radius 3 is 2.23 bits per heavy atom. The van der Waals surface area contributed by atoms with Gasteiger partial charge in [0, 0.05) is 31.9 Å². The monoisotopic (exact) mass is 408 g/mol. The molecule has 3 rings (SSSR count). The molecule has 1 N–H and O–H groups in total. The molecule has 30 heavy (non-hydrogen) atoms. The van der Waals surface area contributed by atoms with Gasteiger partial charge in [0.2, 0.25) is 0 Å². The second kappa shape index (κ2) is 10.2. The lowest BCUT2D eigenvalue weighted by Crippen LogP contribution is -2.41. The van der Waals surface area contributed by atoms with Crippen LogP contribution in [0.1, 0.15) is 63.3 Å². The molecule has 0 amide bonds. The van der Waals surface area contributed by atoms with E-state index in [-0.39, 0.29) is 6.04 Å². The molecular formula is C26H36N2O2. The van der Waals surface area contributed by atoms with E-state index in [1.54, 1.807) is 0 Å². The maximum absolute atomic E-state index is 10.3. The first-order valence-corrected chi connectivity index (χ1v) is 11.2. The second-order valence-corrected chi connectivity index (χ2v) is 8.53. The Morgan fingerprint density at radius 1 is 1.07 bits per heavy atom. The van der Waals surface area contributed by atoms with Gasteiger partial charge >= 0.3 is 0 Å². The van der Waals surface area contributed by atoms with Gasteiger partial charge in [-0.3, -0.25) is 4.99 Å². The zero-order chi connectivity index (χ0) is 21.6. The van der Waals surface area contributed by atoms with E-state index in [1.807, 2.05) is 26.0 Å². The number of nitrogens with zero attached hydrogens (tertiary/aromatic N) is 2. The molecule has 4 nitrogen and oxygen atoms in total. The van der Waals surface area contributed by atoms with Gasteiger partial charge in [-0.25, -0.2) is 0 Å². The molecule has 1 aliphatic heterocycles. The fraction of sp³-hybridized carbons (Fsp3) is 0.500. The van der Waals surface area contributed by atoms with Crippen LogP contribution < -0.4 is 0 Å². The first-order valence-electron chi connectivity index (χ1n) is 11.2. The van der Waals surface area contributed by atoms with E-state index in [9.17, 15) is 5.11 Å². The van der Waals surface area contributed by atoms with Gasteiger partial charge in [-0.2, -0.15) is 0 Å². The predicted octanol–water partition coefficient (Wildman–Crippen LogP) is 5.17. The molecule has 0 aromatic heterocycles. The lowest BCUT2D eigenvalue weighted by Gasteiger charge is -2.40. The van der Waals surface area contributed by atoms with Crippen LogP contribution in [0.4, 0.5) is 0 Å². The molecule has 0 bridgehead atoms. The molecule has 162 valence electrons. The minimum absolute atomic E-state index is 0.263. The van der Waals surface area contributed by atoms with Gasteiger partial charge in [0.15, 0.2) is 0 Å². The Labute approximate surface area is 181 Å². The summed E-state index contributed by atoms with van der Waals surface area (Å²) in [5.41, 5.74) is 2.50. The Balaban J connectivity index is 2.01. The summed E-state index contributed by atoms with van der Waals surface area (Å²) >= 11 is 0. The van der Waals surface area contributed by atoms with Crippen molar-refractivity contribution >= 4 is 5.84 Å². The number of ether oxygens (including phenoxy) is 1. The fourth-order valence-electron chi connectivity index (χ4n) is 4.39. The highest BCUT2D eigenvalue weighted by Crippen LogP contribution is 2.36. The summed E-state index contributed by atoms with van der Waals surface area (Å²) in [6.07, 6.45) is 2.13. The molecule has 4 heteroatoms. The van der Waals surface area contributed by atoms with E-state index in [4.69, 9.17) is 9.73 Å². The summed E-state index contributed by atoms with van der Waals surface area (Å²) < 4.78 is 5.66. The smallest absolute Gasteiger partial charge is 0.131 e. The Bertz CT molecular complexity index is 803. The van der Waals surface area contributed by atoms with Crippen LogP contribution in [0.25, 0.3) is 0 Å². The molecule has 1 heterocycles. The quantitative estimate of drug-likeness (QED) is 0.508. The summed E-state index contributed by atoms with van der Waals surface area (Å²) in [5, 5.41) is 10.3. The molecular weight excluding hydrogens is 372 g/mol. The average Bonchev–Trinajstić information content (AvgIpc) is 2.77. The van der Waals surface area contributed by atoms with Crippen LogP contribution in [-0.2, 0) is 10.3 Å². The lowest BCUT2D eigenvalue weighted by molar-refractivity contribution is 0.0402. The third-order valence-corrected chi connectivity index (χ3v) is 5.96. The van der Waals surface area contributed by atoms with E-state index in [0.717, 1.165) is 56.1 Å². The number of rotatable bonds is 7. The maximum Gasteiger partial charge on any atom is 0.131 e. The first-order chi connectivity index (χ1) is 14.5. The van der Waals surface area contributed by atoms with Crippen molar-refractivity contribution in [3.8, 4) is 0 Å². The predicted molar refractivity (Wildman–Crippen MR) is 124 cm³/mol. The van der Waals surface area contributed by atoms with E-state index < -0.39 is 5.60 Å². The molecule has 0 saturated carbocycles. The molecule has 1 fully saturated rings. The second-order valence-electron chi connectivity index (χ2n) is 8.53. The van der Waals surface area contributed by atoms with Gasteiger partial charge in [0.1, 0.15) is 5.84 Å². The average molecular weight is 409 g/mol.